The van der Waals surface area contributed by atoms with Gasteiger partial charge < -0.3 is 14.6 Å². The number of hydrogen-bond donors (Lipinski definition) is 1. The molecule has 1 unspecified atom stereocenters. The number of rotatable bonds is 3. The van der Waals surface area contributed by atoms with Crippen molar-refractivity contribution in [2.75, 3.05) is 20.3 Å². The molecular weight excluding hydrogens is 342 g/mol. The van der Waals surface area contributed by atoms with Crippen LogP contribution < -0.4 is 4.74 Å². The van der Waals surface area contributed by atoms with Gasteiger partial charge in [0.15, 0.2) is 6.04 Å². The van der Waals surface area contributed by atoms with E-state index in [1.54, 1.807) is 26.2 Å². The van der Waals surface area contributed by atoms with E-state index in [1.165, 1.54) is 4.90 Å². The summed E-state index contributed by atoms with van der Waals surface area (Å²) in [5, 5.41) is 9.49. The highest BCUT2D eigenvalue weighted by molar-refractivity contribution is 9.10. The van der Waals surface area contributed by atoms with Gasteiger partial charge in [-0.05, 0) is 52.5 Å². The zero-order valence-corrected chi connectivity index (χ0v) is 13.3. The number of benzene rings is 1. The normalized spacial score (nSPS) is 17.1. The number of fused-ring (bicyclic) bond motifs is 1. The molecule has 0 aromatic heterocycles. The fourth-order valence-electron chi connectivity index (χ4n) is 2.45. The molecule has 114 valence electrons. The highest BCUT2D eigenvalue weighted by Crippen LogP contribution is 2.37. The van der Waals surface area contributed by atoms with Gasteiger partial charge in [0.05, 0.1) is 18.2 Å². The Balaban J connectivity index is 2.45. The van der Waals surface area contributed by atoms with Crippen LogP contribution in [0.25, 0.3) is 0 Å². The molecule has 0 aliphatic carbocycles. The Hall–Kier alpha value is -1.76. The zero-order valence-electron chi connectivity index (χ0n) is 11.8. The van der Waals surface area contributed by atoms with E-state index in [0.717, 1.165) is 5.56 Å². The van der Waals surface area contributed by atoms with Gasteiger partial charge in [-0.25, -0.2) is 9.59 Å². The molecule has 21 heavy (non-hydrogen) atoms. The number of carbonyl (C=O) groups excluding carboxylic acids is 1. The van der Waals surface area contributed by atoms with E-state index in [1.807, 2.05) is 0 Å². The first-order chi connectivity index (χ1) is 9.99. The summed E-state index contributed by atoms with van der Waals surface area (Å²) >= 11 is 3.35. The minimum absolute atomic E-state index is 0.209. The quantitative estimate of drug-likeness (QED) is 0.899. The summed E-state index contributed by atoms with van der Waals surface area (Å²) in [6, 6.07) is 2.45. The van der Waals surface area contributed by atoms with Gasteiger partial charge in [-0.3, -0.25) is 4.90 Å². The van der Waals surface area contributed by atoms with Gasteiger partial charge in [0.2, 0.25) is 0 Å². The van der Waals surface area contributed by atoms with Crippen LogP contribution in [0.4, 0.5) is 4.79 Å². The van der Waals surface area contributed by atoms with Crippen molar-refractivity contribution in [2.24, 2.45) is 0 Å². The SMILES string of the molecule is CCOC(=O)N1CCc2cc(OC)c(Br)cc2C1C(=O)O. The minimum atomic E-state index is -1.08. The first-order valence-electron chi connectivity index (χ1n) is 6.52. The molecule has 1 atom stereocenters. The standard InChI is InChI=1S/C14H16BrNO5/c1-3-21-14(19)16-5-4-8-6-11(20-2)10(15)7-9(8)12(16)13(17)18/h6-7,12H,3-5H2,1-2H3,(H,17,18). The molecule has 0 fully saturated rings. The van der Waals surface area contributed by atoms with Crippen molar-refractivity contribution in [3.8, 4) is 5.75 Å². The van der Waals surface area contributed by atoms with Gasteiger partial charge in [-0.2, -0.15) is 0 Å². The topological polar surface area (TPSA) is 76.1 Å². The van der Waals surface area contributed by atoms with Gasteiger partial charge in [-0.1, -0.05) is 0 Å². The van der Waals surface area contributed by atoms with Crippen LogP contribution in [-0.2, 0) is 16.0 Å². The second-order valence-electron chi connectivity index (χ2n) is 4.57. The number of carboxylic acid groups (broad SMARTS) is 1. The molecule has 7 heteroatoms. The van der Waals surface area contributed by atoms with Gasteiger partial charge in [0.1, 0.15) is 5.75 Å². The van der Waals surface area contributed by atoms with E-state index in [-0.39, 0.29) is 6.61 Å². The van der Waals surface area contributed by atoms with Gasteiger partial charge >= 0.3 is 12.1 Å². The van der Waals surface area contributed by atoms with Crippen molar-refractivity contribution in [3.63, 3.8) is 0 Å². The maximum atomic E-state index is 11.9. The van der Waals surface area contributed by atoms with E-state index >= 15 is 0 Å². The molecule has 1 aromatic rings. The Labute approximate surface area is 130 Å². The Morgan fingerprint density at radius 2 is 2.19 bits per heavy atom. The summed E-state index contributed by atoms with van der Waals surface area (Å²) in [6.07, 6.45) is -0.0517. The molecule has 2 rings (SSSR count). The highest BCUT2D eigenvalue weighted by Gasteiger charge is 2.37. The van der Waals surface area contributed by atoms with E-state index in [9.17, 15) is 14.7 Å². The predicted molar refractivity (Wildman–Crippen MR) is 78.5 cm³/mol. The Bertz CT molecular complexity index is 575. The van der Waals surface area contributed by atoms with Crippen LogP contribution in [0, 0.1) is 0 Å². The molecular formula is C14H16BrNO5. The van der Waals surface area contributed by atoms with Crippen molar-refractivity contribution in [2.45, 2.75) is 19.4 Å². The van der Waals surface area contributed by atoms with Crippen LogP contribution in [-0.4, -0.2) is 42.3 Å². The lowest BCUT2D eigenvalue weighted by Crippen LogP contribution is -2.43. The number of amides is 1. The molecule has 0 spiro atoms. The van der Waals surface area contributed by atoms with Crippen molar-refractivity contribution >= 4 is 28.0 Å². The molecule has 0 bridgehead atoms. The van der Waals surface area contributed by atoms with Crippen molar-refractivity contribution in [3.05, 3.63) is 27.7 Å². The van der Waals surface area contributed by atoms with Crippen LogP contribution in [0.5, 0.6) is 5.75 Å². The summed E-state index contributed by atoms with van der Waals surface area (Å²) in [6.45, 7) is 2.20. The molecule has 1 heterocycles. The maximum absolute atomic E-state index is 11.9. The Kier molecular flexibility index (Phi) is 4.72. The second-order valence-corrected chi connectivity index (χ2v) is 5.42. The minimum Gasteiger partial charge on any atom is -0.496 e. The van der Waals surface area contributed by atoms with E-state index in [4.69, 9.17) is 9.47 Å². The third kappa shape index (κ3) is 2.97. The molecule has 1 aliphatic heterocycles. The van der Waals surface area contributed by atoms with Gasteiger partial charge in [0.25, 0.3) is 0 Å². The summed E-state index contributed by atoms with van der Waals surface area (Å²) in [5.74, 6) is -0.441. The van der Waals surface area contributed by atoms with Gasteiger partial charge in [0, 0.05) is 6.54 Å². The van der Waals surface area contributed by atoms with Crippen molar-refractivity contribution in [1.82, 2.24) is 4.90 Å². The summed E-state index contributed by atoms with van der Waals surface area (Å²) in [4.78, 5) is 24.8. The van der Waals surface area contributed by atoms with E-state index < -0.39 is 18.1 Å². The first kappa shape index (κ1) is 15.6. The largest absolute Gasteiger partial charge is 0.496 e. The Morgan fingerprint density at radius 3 is 2.76 bits per heavy atom. The van der Waals surface area contributed by atoms with Crippen LogP contribution in [0.15, 0.2) is 16.6 Å². The number of nitrogens with zero attached hydrogens (tertiary/aromatic N) is 1. The van der Waals surface area contributed by atoms with Crippen LogP contribution >= 0.6 is 15.9 Å². The number of hydrogen-bond acceptors (Lipinski definition) is 4. The maximum Gasteiger partial charge on any atom is 0.410 e. The van der Waals surface area contributed by atoms with Crippen molar-refractivity contribution < 1.29 is 24.2 Å². The second kappa shape index (κ2) is 6.34. The molecule has 1 aromatic carbocycles. The molecule has 1 amide bonds. The third-order valence-electron chi connectivity index (χ3n) is 3.38. The molecule has 0 radical (unpaired) electrons. The number of aliphatic carboxylic acids is 1. The number of carboxylic acids is 1. The lowest BCUT2D eigenvalue weighted by atomic mass is 9.92. The highest BCUT2D eigenvalue weighted by atomic mass is 79.9. The molecule has 1 aliphatic rings. The fourth-order valence-corrected chi connectivity index (χ4v) is 2.97. The monoisotopic (exact) mass is 357 g/mol. The fraction of sp³-hybridized carbons (Fsp3) is 0.429. The van der Waals surface area contributed by atoms with Crippen LogP contribution in [0.1, 0.15) is 24.1 Å². The molecule has 0 saturated carbocycles. The molecule has 6 nitrogen and oxygen atoms in total. The summed E-state index contributed by atoms with van der Waals surface area (Å²) in [5.41, 5.74) is 1.44. The molecule has 0 saturated heterocycles. The van der Waals surface area contributed by atoms with Gasteiger partial charge in [-0.15, -0.1) is 0 Å². The lowest BCUT2D eigenvalue weighted by molar-refractivity contribution is -0.143. The third-order valence-corrected chi connectivity index (χ3v) is 4.00. The molecule has 1 N–H and O–H groups in total. The summed E-state index contributed by atoms with van der Waals surface area (Å²) in [7, 11) is 1.55. The Morgan fingerprint density at radius 1 is 1.48 bits per heavy atom. The number of ether oxygens (including phenoxy) is 2. The number of carbonyl (C=O) groups is 2. The number of halogens is 1. The predicted octanol–water partition coefficient (Wildman–Crippen LogP) is 2.60. The average Bonchev–Trinajstić information content (AvgIpc) is 2.45. The number of methoxy groups -OCH3 is 1. The average molecular weight is 358 g/mol. The lowest BCUT2D eigenvalue weighted by Gasteiger charge is -2.34. The van der Waals surface area contributed by atoms with Crippen LogP contribution in [0.2, 0.25) is 0 Å². The van der Waals surface area contributed by atoms with Crippen LogP contribution in [0.3, 0.4) is 0 Å². The van der Waals surface area contributed by atoms with Crippen molar-refractivity contribution in [1.29, 1.82) is 0 Å². The zero-order chi connectivity index (χ0) is 15.6. The first-order valence-corrected chi connectivity index (χ1v) is 7.31. The smallest absolute Gasteiger partial charge is 0.410 e. The van der Waals surface area contributed by atoms with E-state index in [2.05, 4.69) is 15.9 Å². The summed E-state index contributed by atoms with van der Waals surface area (Å²) < 4.78 is 10.8. The van der Waals surface area contributed by atoms with E-state index in [0.29, 0.717) is 28.8 Å².